The van der Waals surface area contributed by atoms with E-state index in [0.29, 0.717) is 18.7 Å². The zero-order valence-electron chi connectivity index (χ0n) is 8.32. The maximum Gasteiger partial charge on any atom is 0.200 e. The lowest BCUT2D eigenvalue weighted by molar-refractivity contribution is -0.0150. The molecule has 0 radical (unpaired) electrons. The van der Waals surface area contributed by atoms with Gasteiger partial charge in [-0.15, -0.1) is 0 Å². The second kappa shape index (κ2) is 3.29. The first-order chi connectivity index (χ1) is 7.07. The maximum atomic E-state index is 10.0. The molecule has 1 aromatic rings. The van der Waals surface area contributed by atoms with Crippen LogP contribution in [0, 0.1) is 0 Å². The number of phenolic OH excluding ortho intramolecular Hbond substituents is 2. The van der Waals surface area contributed by atoms with E-state index in [4.69, 9.17) is 4.74 Å². The summed E-state index contributed by atoms with van der Waals surface area (Å²) in [6, 6.07) is 2.87. The molecule has 0 atom stereocenters. The Morgan fingerprint density at radius 1 is 1.33 bits per heavy atom. The van der Waals surface area contributed by atoms with Crippen molar-refractivity contribution in [2.24, 2.45) is 0 Å². The summed E-state index contributed by atoms with van der Waals surface area (Å²) >= 11 is 0. The maximum absolute atomic E-state index is 10.0. The zero-order chi connectivity index (χ0) is 11.1. The number of phenols is 2. The highest BCUT2D eigenvalue weighted by Crippen LogP contribution is 2.40. The average molecular weight is 211 g/mol. The number of methoxy groups -OCH3 is 1. The molecule has 1 saturated heterocycles. The summed E-state index contributed by atoms with van der Waals surface area (Å²) in [5.41, 5.74) is -0.438. The van der Waals surface area contributed by atoms with Crippen LogP contribution in [0.4, 0.5) is 0 Å². The number of hydrogen-bond donors (Lipinski definition) is 4. The predicted octanol–water partition coefficient (Wildman–Crippen LogP) is -0.103. The van der Waals surface area contributed by atoms with E-state index in [-0.39, 0.29) is 17.2 Å². The van der Waals surface area contributed by atoms with Gasteiger partial charge in [0.1, 0.15) is 5.60 Å². The predicted molar refractivity (Wildman–Crippen MR) is 53.1 cm³/mol. The molecule has 0 amide bonds. The van der Waals surface area contributed by atoms with Gasteiger partial charge in [-0.1, -0.05) is 0 Å². The van der Waals surface area contributed by atoms with Crippen LogP contribution in [0.2, 0.25) is 0 Å². The number of nitrogens with one attached hydrogen (secondary N) is 1. The van der Waals surface area contributed by atoms with Crippen molar-refractivity contribution in [3.63, 3.8) is 0 Å². The van der Waals surface area contributed by atoms with Crippen LogP contribution in [0.5, 0.6) is 17.2 Å². The van der Waals surface area contributed by atoms with Crippen molar-refractivity contribution in [3.8, 4) is 17.2 Å². The first-order valence-electron chi connectivity index (χ1n) is 4.60. The Kier molecular flexibility index (Phi) is 2.21. The lowest BCUT2D eigenvalue weighted by Gasteiger charge is -2.38. The van der Waals surface area contributed by atoms with E-state index in [1.54, 1.807) is 0 Å². The Balaban J connectivity index is 2.45. The van der Waals surface area contributed by atoms with Crippen LogP contribution in [-0.4, -0.2) is 35.5 Å². The van der Waals surface area contributed by atoms with Gasteiger partial charge in [-0.3, -0.25) is 0 Å². The van der Waals surface area contributed by atoms with Gasteiger partial charge in [-0.05, 0) is 17.7 Å². The second-order valence-corrected chi connectivity index (χ2v) is 3.68. The molecule has 0 aliphatic carbocycles. The van der Waals surface area contributed by atoms with Crippen LogP contribution in [0.15, 0.2) is 12.1 Å². The Hall–Kier alpha value is -1.46. The lowest BCUT2D eigenvalue weighted by Crippen LogP contribution is -2.56. The fourth-order valence-corrected chi connectivity index (χ4v) is 1.58. The fourth-order valence-electron chi connectivity index (χ4n) is 1.58. The number of hydrogen-bond acceptors (Lipinski definition) is 5. The molecule has 5 heteroatoms. The van der Waals surface area contributed by atoms with E-state index in [2.05, 4.69) is 5.32 Å². The minimum atomic E-state index is -0.974. The van der Waals surface area contributed by atoms with Gasteiger partial charge in [-0.25, -0.2) is 0 Å². The summed E-state index contributed by atoms with van der Waals surface area (Å²) in [5.74, 6) is -0.438. The van der Waals surface area contributed by atoms with Crippen LogP contribution < -0.4 is 10.1 Å². The van der Waals surface area contributed by atoms with Gasteiger partial charge in [0.15, 0.2) is 11.5 Å². The van der Waals surface area contributed by atoms with Gasteiger partial charge in [0.05, 0.1) is 7.11 Å². The van der Waals surface area contributed by atoms with E-state index < -0.39 is 5.60 Å². The number of aliphatic hydroxyl groups is 1. The summed E-state index contributed by atoms with van der Waals surface area (Å²) in [5, 5.41) is 31.8. The molecule has 1 heterocycles. The molecule has 1 aliphatic rings. The van der Waals surface area contributed by atoms with Gasteiger partial charge in [0.25, 0.3) is 0 Å². The van der Waals surface area contributed by atoms with Crippen LogP contribution in [0.3, 0.4) is 0 Å². The van der Waals surface area contributed by atoms with Crippen LogP contribution in [0.25, 0.3) is 0 Å². The summed E-state index contributed by atoms with van der Waals surface area (Å²) in [6.07, 6.45) is 0. The quantitative estimate of drug-likeness (QED) is 0.513. The summed E-state index contributed by atoms with van der Waals surface area (Å²) in [6.45, 7) is 0.862. The van der Waals surface area contributed by atoms with Gasteiger partial charge < -0.3 is 25.4 Å². The first-order valence-corrected chi connectivity index (χ1v) is 4.60. The molecule has 82 valence electrons. The Bertz CT molecular complexity index is 387. The molecular weight excluding hydrogens is 198 g/mol. The van der Waals surface area contributed by atoms with E-state index in [1.165, 1.54) is 19.2 Å². The van der Waals surface area contributed by atoms with Crippen LogP contribution >= 0.6 is 0 Å². The smallest absolute Gasteiger partial charge is 0.200 e. The van der Waals surface area contributed by atoms with Crippen molar-refractivity contribution in [1.29, 1.82) is 0 Å². The monoisotopic (exact) mass is 211 g/mol. The molecule has 1 aliphatic heterocycles. The van der Waals surface area contributed by atoms with E-state index in [1.807, 2.05) is 0 Å². The average Bonchev–Trinajstić information content (AvgIpc) is 2.18. The summed E-state index contributed by atoms with van der Waals surface area (Å²) in [4.78, 5) is 0. The minimum absolute atomic E-state index is 0.158. The number of rotatable bonds is 2. The first kappa shape index (κ1) is 10.1. The zero-order valence-corrected chi connectivity index (χ0v) is 8.32. The third kappa shape index (κ3) is 1.49. The number of β-amino-alcohol motifs (C(OH)–C–C–N with tert-alkyl or cyclic N) is 1. The highest BCUT2D eigenvalue weighted by Gasteiger charge is 2.37. The van der Waals surface area contributed by atoms with Crippen LogP contribution in [-0.2, 0) is 5.60 Å². The van der Waals surface area contributed by atoms with Crippen molar-refractivity contribution in [3.05, 3.63) is 17.7 Å². The van der Waals surface area contributed by atoms with Crippen molar-refractivity contribution < 1.29 is 20.1 Å². The molecule has 0 aromatic heterocycles. The number of aromatic hydroxyl groups is 2. The Morgan fingerprint density at radius 2 is 2.00 bits per heavy atom. The normalized spacial score (nSPS) is 18.3. The molecule has 0 spiro atoms. The SMILES string of the molecule is COc1cc(C2(O)CNC2)cc(O)c1O. The number of ether oxygens (including phenoxy) is 1. The summed E-state index contributed by atoms with van der Waals surface area (Å²) < 4.78 is 4.89. The molecule has 5 nitrogen and oxygen atoms in total. The molecule has 1 fully saturated rings. The van der Waals surface area contributed by atoms with Crippen molar-refractivity contribution in [1.82, 2.24) is 5.32 Å². The molecule has 4 N–H and O–H groups in total. The highest BCUT2D eigenvalue weighted by molar-refractivity contribution is 5.53. The van der Waals surface area contributed by atoms with E-state index in [0.717, 1.165) is 0 Å². The molecule has 2 rings (SSSR count). The third-order valence-electron chi connectivity index (χ3n) is 2.65. The summed E-state index contributed by atoms with van der Waals surface area (Å²) in [7, 11) is 1.39. The topological polar surface area (TPSA) is 82.0 Å². The van der Waals surface area contributed by atoms with Crippen molar-refractivity contribution in [2.45, 2.75) is 5.60 Å². The van der Waals surface area contributed by atoms with E-state index >= 15 is 0 Å². The molecular formula is C10H13NO4. The van der Waals surface area contributed by atoms with Crippen molar-refractivity contribution in [2.75, 3.05) is 20.2 Å². The molecule has 1 aromatic carbocycles. The lowest BCUT2D eigenvalue weighted by atomic mass is 9.88. The van der Waals surface area contributed by atoms with Crippen LogP contribution in [0.1, 0.15) is 5.56 Å². The Morgan fingerprint density at radius 3 is 2.47 bits per heavy atom. The fraction of sp³-hybridized carbons (Fsp3) is 0.400. The van der Waals surface area contributed by atoms with Gasteiger partial charge in [-0.2, -0.15) is 0 Å². The standard InChI is InChI=1S/C10H13NO4/c1-15-8-3-6(2-7(12)9(8)13)10(14)4-11-5-10/h2-3,11-14H,4-5H2,1H3. The van der Waals surface area contributed by atoms with Gasteiger partial charge in [0, 0.05) is 13.1 Å². The molecule has 15 heavy (non-hydrogen) atoms. The van der Waals surface area contributed by atoms with Gasteiger partial charge in [0.2, 0.25) is 5.75 Å². The second-order valence-electron chi connectivity index (χ2n) is 3.68. The third-order valence-corrected chi connectivity index (χ3v) is 2.65. The highest BCUT2D eigenvalue weighted by atomic mass is 16.5. The molecule has 0 unspecified atom stereocenters. The number of benzene rings is 1. The van der Waals surface area contributed by atoms with Crippen molar-refractivity contribution >= 4 is 0 Å². The molecule has 0 bridgehead atoms. The van der Waals surface area contributed by atoms with Gasteiger partial charge >= 0.3 is 0 Å². The Labute approximate surface area is 86.9 Å². The minimum Gasteiger partial charge on any atom is -0.504 e. The van der Waals surface area contributed by atoms with E-state index in [9.17, 15) is 15.3 Å². The largest absolute Gasteiger partial charge is 0.504 e. The molecule has 0 saturated carbocycles.